The quantitative estimate of drug-likeness (QED) is 0.832. The van der Waals surface area contributed by atoms with Gasteiger partial charge in [0.1, 0.15) is 18.1 Å². The van der Waals surface area contributed by atoms with E-state index in [-0.39, 0.29) is 23.7 Å². The molecule has 0 aliphatic heterocycles. The summed E-state index contributed by atoms with van der Waals surface area (Å²) in [5.41, 5.74) is 5.60. The van der Waals surface area contributed by atoms with Gasteiger partial charge in [-0.15, -0.1) is 0 Å². The zero-order valence-corrected chi connectivity index (χ0v) is 8.79. The van der Waals surface area contributed by atoms with Gasteiger partial charge in [0.25, 0.3) is 0 Å². The van der Waals surface area contributed by atoms with E-state index >= 15 is 0 Å². The Morgan fingerprint density at radius 2 is 2.35 bits per heavy atom. The van der Waals surface area contributed by atoms with E-state index in [1.54, 1.807) is 12.1 Å². The Morgan fingerprint density at radius 1 is 1.53 bits per heavy atom. The van der Waals surface area contributed by atoms with E-state index in [9.17, 15) is 4.79 Å². The number of nitrogen functional groups attached to an aromatic ring is 1. The number of aromatic carboxylic acids is 1. The third-order valence-corrected chi connectivity index (χ3v) is 2.12. The van der Waals surface area contributed by atoms with Gasteiger partial charge in [0.05, 0.1) is 11.8 Å². The minimum absolute atomic E-state index is 0.00607. The lowest BCUT2D eigenvalue weighted by molar-refractivity contribution is 0.0697. The van der Waals surface area contributed by atoms with Crippen molar-refractivity contribution in [1.29, 1.82) is 0 Å². The van der Waals surface area contributed by atoms with Crippen molar-refractivity contribution >= 4 is 11.7 Å². The highest BCUT2D eigenvalue weighted by molar-refractivity contribution is 5.94. The number of carbonyl (C=O) groups is 1. The molecule has 0 radical (unpaired) electrons. The van der Waals surface area contributed by atoms with Crippen molar-refractivity contribution in [2.45, 2.75) is 6.61 Å². The Hall–Kier alpha value is -2.50. The lowest BCUT2D eigenvalue weighted by Crippen LogP contribution is -2.06. The first-order chi connectivity index (χ1) is 8.18. The second-order valence-corrected chi connectivity index (χ2v) is 3.25. The summed E-state index contributed by atoms with van der Waals surface area (Å²) in [7, 11) is 0. The van der Waals surface area contributed by atoms with Crippen molar-refractivity contribution in [2.75, 3.05) is 5.73 Å². The number of carboxylic acids is 1. The molecule has 0 fully saturated rings. The molecular weight excluding hydrogens is 224 g/mol. The summed E-state index contributed by atoms with van der Waals surface area (Å²) >= 11 is 0. The smallest absolute Gasteiger partial charge is 0.338 e. The molecule has 0 aliphatic rings. The summed E-state index contributed by atoms with van der Waals surface area (Å²) in [6, 6.07) is 4.78. The van der Waals surface area contributed by atoms with Crippen LogP contribution in [0.15, 0.2) is 35.1 Å². The third-order valence-electron chi connectivity index (χ3n) is 2.12. The number of hydrogen-bond acceptors (Lipinski definition) is 5. The van der Waals surface area contributed by atoms with Crippen LogP contribution >= 0.6 is 0 Å². The van der Waals surface area contributed by atoms with Crippen molar-refractivity contribution in [1.82, 2.24) is 4.98 Å². The van der Waals surface area contributed by atoms with Gasteiger partial charge in [0.2, 0.25) is 5.88 Å². The molecule has 0 bridgehead atoms. The number of nitrogens with two attached hydrogens (primary N) is 1. The van der Waals surface area contributed by atoms with Crippen LogP contribution < -0.4 is 10.5 Å². The fourth-order valence-electron chi connectivity index (χ4n) is 1.29. The molecule has 2 heterocycles. The van der Waals surface area contributed by atoms with Crippen LogP contribution in [-0.4, -0.2) is 16.1 Å². The third kappa shape index (κ3) is 2.36. The Labute approximate surface area is 96.6 Å². The van der Waals surface area contributed by atoms with Crippen LogP contribution in [0.25, 0.3) is 0 Å². The van der Waals surface area contributed by atoms with Crippen molar-refractivity contribution in [3.63, 3.8) is 0 Å². The molecule has 17 heavy (non-hydrogen) atoms. The summed E-state index contributed by atoms with van der Waals surface area (Å²) in [5, 5.41) is 8.86. The van der Waals surface area contributed by atoms with Gasteiger partial charge in [-0.05, 0) is 18.2 Å². The van der Waals surface area contributed by atoms with Crippen molar-refractivity contribution in [3.05, 3.63) is 42.0 Å². The molecule has 0 unspecified atom stereocenters. The van der Waals surface area contributed by atoms with E-state index in [2.05, 4.69) is 4.98 Å². The van der Waals surface area contributed by atoms with E-state index in [1.165, 1.54) is 18.5 Å². The van der Waals surface area contributed by atoms with Crippen LogP contribution in [0.5, 0.6) is 5.88 Å². The van der Waals surface area contributed by atoms with Crippen LogP contribution in [-0.2, 0) is 6.61 Å². The topological polar surface area (TPSA) is 98.6 Å². The Balaban J connectivity index is 2.16. The monoisotopic (exact) mass is 234 g/mol. The summed E-state index contributed by atoms with van der Waals surface area (Å²) in [4.78, 5) is 14.7. The Bertz CT molecular complexity index is 522. The number of furan rings is 1. The second kappa shape index (κ2) is 4.56. The molecule has 0 aliphatic carbocycles. The predicted molar refractivity (Wildman–Crippen MR) is 58.6 cm³/mol. The molecule has 2 rings (SSSR count). The first kappa shape index (κ1) is 11.0. The molecule has 0 saturated heterocycles. The first-order valence-corrected chi connectivity index (χ1v) is 4.81. The number of anilines is 1. The van der Waals surface area contributed by atoms with E-state index in [4.69, 9.17) is 20.0 Å². The van der Waals surface area contributed by atoms with Gasteiger partial charge in [-0.25, -0.2) is 9.78 Å². The van der Waals surface area contributed by atoms with Gasteiger partial charge in [0.15, 0.2) is 0 Å². The lowest BCUT2D eigenvalue weighted by Gasteiger charge is -2.07. The van der Waals surface area contributed by atoms with Crippen LogP contribution in [0.2, 0.25) is 0 Å². The number of pyridine rings is 1. The highest BCUT2D eigenvalue weighted by atomic mass is 16.5. The Morgan fingerprint density at radius 3 is 3.00 bits per heavy atom. The van der Waals surface area contributed by atoms with Gasteiger partial charge in [-0.1, -0.05) is 0 Å². The van der Waals surface area contributed by atoms with Crippen LogP contribution in [0.1, 0.15) is 16.1 Å². The minimum atomic E-state index is -1.12. The molecule has 2 aromatic rings. The lowest BCUT2D eigenvalue weighted by atomic mass is 10.2. The van der Waals surface area contributed by atoms with Crippen LogP contribution in [0.3, 0.4) is 0 Å². The van der Waals surface area contributed by atoms with Gasteiger partial charge < -0.3 is 20.0 Å². The van der Waals surface area contributed by atoms with Gasteiger partial charge in [-0.3, -0.25) is 0 Å². The second-order valence-electron chi connectivity index (χ2n) is 3.25. The summed E-state index contributed by atoms with van der Waals surface area (Å²) in [6.45, 7) is 0.146. The Kier molecular flexibility index (Phi) is 2.95. The van der Waals surface area contributed by atoms with Crippen LogP contribution in [0, 0.1) is 0 Å². The summed E-state index contributed by atoms with van der Waals surface area (Å²) < 4.78 is 10.3. The summed E-state index contributed by atoms with van der Waals surface area (Å²) in [5.74, 6) is -0.430. The maximum Gasteiger partial charge on any atom is 0.338 e. The fraction of sp³-hybridized carbons (Fsp3) is 0.0909. The van der Waals surface area contributed by atoms with Crippen LogP contribution in [0.4, 0.5) is 5.69 Å². The van der Waals surface area contributed by atoms with Crippen molar-refractivity contribution < 1.29 is 19.1 Å². The number of hydrogen-bond donors (Lipinski definition) is 2. The number of ether oxygens (including phenoxy) is 1. The molecule has 0 atom stereocenters. The molecule has 88 valence electrons. The maximum atomic E-state index is 10.8. The average Bonchev–Trinajstić information content (AvgIpc) is 2.80. The predicted octanol–water partition coefficient (Wildman–Crippen LogP) is 1.53. The fourth-order valence-corrected chi connectivity index (χ4v) is 1.29. The standard InChI is InChI=1S/C11H10N2O4/c12-9-8(11(14)15)3-4-13-10(9)17-6-7-2-1-5-16-7/h1-5H,6,12H2,(H,14,15). The molecule has 0 saturated carbocycles. The number of rotatable bonds is 4. The largest absolute Gasteiger partial charge is 0.478 e. The molecular formula is C11H10N2O4. The zero-order chi connectivity index (χ0) is 12.3. The number of carboxylic acid groups (broad SMARTS) is 1. The normalized spacial score (nSPS) is 10.1. The first-order valence-electron chi connectivity index (χ1n) is 4.81. The van der Waals surface area contributed by atoms with Gasteiger partial charge >= 0.3 is 5.97 Å². The van der Waals surface area contributed by atoms with Gasteiger partial charge in [0, 0.05) is 6.20 Å². The molecule has 2 aromatic heterocycles. The molecule has 0 aromatic carbocycles. The minimum Gasteiger partial charge on any atom is -0.478 e. The molecule has 0 amide bonds. The highest BCUT2D eigenvalue weighted by Gasteiger charge is 2.13. The molecule has 0 spiro atoms. The van der Waals surface area contributed by atoms with E-state index in [0.29, 0.717) is 5.76 Å². The number of aromatic nitrogens is 1. The highest BCUT2D eigenvalue weighted by Crippen LogP contribution is 2.23. The number of nitrogens with zero attached hydrogens (tertiary/aromatic N) is 1. The summed E-state index contributed by atoms with van der Waals surface area (Å²) in [6.07, 6.45) is 2.85. The van der Waals surface area contributed by atoms with E-state index in [0.717, 1.165) is 0 Å². The van der Waals surface area contributed by atoms with Crippen molar-refractivity contribution in [2.24, 2.45) is 0 Å². The van der Waals surface area contributed by atoms with E-state index in [1.807, 2.05) is 0 Å². The maximum absolute atomic E-state index is 10.8. The van der Waals surface area contributed by atoms with Crippen molar-refractivity contribution in [3.8, 4) is 5.88 Å². The molecule has 6 heteroatoms. The zero-order valence-electron chi connectivity index (χ0n) is 8.79. The van der Waals surface area contributed by atoms with Gasteiger partial charge in [-0.2, -0.15) is 0 Å². The average molecular weight is 234 g/mol. The molecule has 3 N–H and O–H groups in total. The SMILES string of the molecule is Nc1c(C(=O)O)ccnc1OCc1ccco1. The molecule has 6 nitrogen and oxygen atoms in total. The van der Waals surface area contributed by atoms with E-state index < -0.39 is 5.97 Å².